The monoisotopic (exact) mass is 349 g/mol. The van der Waals surface area contributed by atoms with Gasteiger partial charge in [-0.15, -0.1) is 0 Å². The number of carbonyl (C=O) groups is 2. The van der Waals surface area contributed by atoms with Crippen LogP contribution in [0.25, 0.3) is 0 Å². The van der Waals surface area contributed by atoms with Gasteiger partial charge in [0.05, 0.1) is 17.9 Å². The lowest BCUT2D eigenvalue weighted by Crippen LogP contribution is -2.53. The Labute approximate surface area is 148 Å². The average Bonchev–Trinajstić information content (AvgIpc) is 2.96. The summed E-state index contributed by atoms with van der Waals surface area (Å²) in [4.78, 5) is 30.7. The van der Waals surface area contributed by atoms with Crippen LogP contribution in [0.4, 0.5) is 0 Å². The number of amides is 2. The van der Waals surface area contributed by atoms with E-state index < -0.39 is 0 Å². The molecule has 0 radical (unpaired) electrons. The molecule has 1 saturated heterocycles. The summed E-state index contributed by atoms with van der Waals surface area (Å²) in [5.74, 6) is -0.171. The van der Waals surface area contributed by atoms with Crippen molar-refractivity contribution in [3.8, 4) is 0 Å². The van der Waals surface area contributed by atoms with Crippen LogP contribution in [0.15, 0.2) is 0 Å². The molecule has 0 aromatic carbocycles. The quantitative estimate of drug-likeness (QED) is 0.844. The zero-order valence-electron chi connectivity index (χ0n) is 15.4. The lowest BCUT2D eigenvalue weighted by Gasteiger charge is -2.35. The lowest BCUT2D eigenvalue weighted by molar-refractivity contribution is -0.135. The molecule has 25 heavy (non-hydrogen) atoms. The molecule has 0 unspecified atom stereocenters. The summed E-state index contributed by atoms with van der Waals surface area (Å²) >= 11 is 0. The predicted molar refractivity (Wildman–Crippen MR) is 92.3 cm³/mol. The SMILES string of the molecule is C[C@@H]1Cc2c(C(=O)N3CCN(CCN(C)C)C(=O)C3)n[nH]c2[C@H](C)O1. The summed E-state index contributed by atoms with van der Waals surface area (Å²) in [6.07, 6.45) is 0.613. The first-order valence-electron chi connectivity index (χ1n) is 8.81. The fourth-order valence-corrected chi connectivity index (χ4v) is 3.44. The van der Waals surface area contributed by atoms with Gasteiger partial charge in [-0.1, -0.05) is 0 Å². The molecule has 0 saturated carbocycles. The maximum atomic E-state index is 12.9. The van der Waals surface area contributed by atoms with Gasteiger partial charge in [-0.3, -0.25) is 14.7 Å². The van der Waals surface area contributed by atoms with Crippen LogP contribution in [0.2, 0.25) is 0 Å². The number of nitrogens with one attached hydrogen (secondary N) is 1. The number of hydrogen-bond donors (Lipinski definition) is 1. The van der Waals surface area contributed by atoms with Crippen molar-refractivity contribution in [1.29, 1.82) is 0 Å². The number of rotatable bonds is 4. The van der Waals surface area contributed by atoms with Crippen LogP contribution in [0.1, 0.15) is 41.7 Å². The van der Waals surface area contributed by atoms with E-state index in [1.807, 2.05) is 37.7 Å². The fraction of sp³-hybridized carbons (Fsp3) is 0.706. The number of ether oxygens (including phenoxy) is 1. The number of aromatic nitrogens is 2. The number of hydrogen-bond acceptors (Lipinski definition) is 5. The summed E-state index contributed by atoms with van der Waals surface area (Å²) in [5.41, 5.74) is 2.24. The molecule has 0 aliphatic carbocycles. The zero-order valence-corrected chi connectivity index (χ0v) is 15.4. The normalized spacial score (nSPS) is 24.0. The van der Waals surface area contributed by atoms with E-state index in [0.717, 1.165) is 17.8 Å². The van der Waals surface area contributed by atoms with Crippen molar-refractivity contribution in [3.05, 3.63) is 17.0 Å². The van der Waals surface area contributed by atoms with E-state index in [1.165, 1.54) is 0 Å². The van der Waals surface area contributed by atoms with E-state index in [1.54, 1.807) is 4.90 Å². The van der Waals surface area contributed by atoms with Crippen LogP contribution in [0, 0.1) is 0 Å². The second kappa shape index (κ2) is 7.13. The van der Waals surface area contributed by atoms with Gasteiger partial charge in [-0.25, -0.2) is 0 Å². The molecule has 2 aliphatic heterocycles. The highest BCUT2D eigenvalue weighted by Crippen LogP contribution is 2.30. The van der Waals surface area contributed by atoms with Crippen LogP contribution in [-0.4, -0.2) is 89.6 Å². The first-order chi connectivity index (χ1) is 11.9. The van der Waals surface area contributed by atoms with Gasteiger partial charge >= 0.3 is 0 Å². The second-order valence-electron chi connectivity index (χ2n) is 7.17. The highest BCUT2D eigenvalue weighted by Gasteiger charge is 2.34. The van der Waals surface area contributed by atoms with E-state index in [2.05, 4.69) is 10.2 Å². The maximum absolute atomic E-state index is 12.9. The number of H-pyrrole nitrogens is 1. The molecule has 0 spiro atoms. The average molecular weight is 349 g/mol. The number of fused-ring (bicyclic) bond motifs is 1. The summed E-state index contributed by atoms with van der Waals surface area (Å²) in [7, 11) is 3.97. The number of carbonyl (C=O) groups excluding carboxylic acids is 2. The smallest absolute Gasteiger partial charge is 0.275 e. The maximum Gasteiger partial charge on any atom is 0.275 e. The van der Waals surface area contributed by atoms with Crippen molar-refractivity contribution < 1.29 is 14.3 Å². The zero-order chi connectivity index (χ0) is 18.1. The first kappa shape index (κ1) is 17.9. The van der Waals surface area contributed by atoms with E-state index in [0.29, 0.717) is 31.7 Å². The number of likely N-dealkylation sites (N-methyl/N-ethyl adjacent to an activating group) is 1. The highest BCUT2D eigenvalue weighted by molar-refractivity contribution is 5.97. The molecule has 3 heterocycles. The van der Waals surface area contributed by atoms with E-state index in [-0.39, 0.29) is 30.6 Å². The van der Waals surface area contributed by atoms with Crippen molar-refractivity contribution in [3.63, 3.8) is 0 Å². The second-order valence-corrected chi connectivity index (χ2v) is 7.17. The van der Waals surface area contributed by atoms with Crippen molar-refractivity contribution >= 4 is 11.8 Å². The van der Waals surface area contributed by atoms with E-state index in [9.17, 15) is 9.59 Å². The molecule has 138 valence electrons. The molecule has 1 aromatic heterocycles. The van der Waals surface area contributed by atoms with Gasteiger partial charge in [0.25, 0.3) is 5.91 Å². The minimum absolute atomic E-state index is 0.00378. The summed E-state index contributed by atoms with van der Waals surface area (Å²) in [6, 6.07) is 0. The van der Waals surface area contributed by atoms with Gasteiger partial charge in [0.1, 0.15) is 6.54 Å². The Morgan fingerprint density at radius 3 is 2.80 bits per heavy atom. The molecule has 2 aliphatic rings. The third kappa shape index (κ3) is 3.69. The van der Waals surface area contributed by atoms with Crippen LogP contribution in [0.3, 0.4) is 0 Å². The number of piperazine rings is 1. The third-order valence-electron chi connectivity index (χ3n) is 4.86. The Hall–Kier alpha value is -1.93. The topological polar surface area (TPSA) is 81.8 Å². The standard InChI is InChI=1S/C17H27N5O3/c1-11-9-13-15(12(2)25-11)18-19-16(13)17(24)22-8-7-21(14(23)10-22)6-5-20(3)4/h11-12H,5-10H2,1-4H3,(H,18,19)/t11-,12+/m1/s1. The van der Waals surface area contributed by atoms with Gasteiger partial charge in [0, 0.05) is 38.2 Å². The van der Waals surface area contributed by atoms with Gasteiger partial charge < -0.3 is 19.4 Å². The van der Waals surface area contributed by atoms with Crippen LogP contribution in [0.5, 0.6) is 0 Å². The molecule has 8 nitrogen and oxygen atoms in total. The van der Waals surface area contributed by atoms with Crippen molar-refractivity contribution in [2.45, 2.75) is 32.5 Å². The highest BCUT2D eigenvalue weighted by atomic mass is 16.5. The van der Waals surface area contributed by atoms with Crippen molar-refractivity contribution in [2.24, 2.45) is 0 Å². The molecule has 1 fully saturated rings. The summed E-state index contributed by atoms with van der Waals surface area (Å²) in [5, 5.41) is 7.18. The Morgan fingerprint density at radius 1 is 1.36 bits per heavy atom. The molecule has 2 atom stereocenters. The number of nitrogens with zero attached hydrogens (tertiary/aromatic N) is 4. The lowest BCUT2D eigenvalue weighted by atomic mass is 9.99. The Morgan fingerprint density at radius 2 is 2.12 bits per heavy atom. The fourth-order valence-electron chi connectivity index (χ4n) is 3.44. The Kier molecular flexibility index (Phi) is 5.10. The number of aromatic amines is 1. The molecule has 3 rings (SSSR count). The first-order valence-corrected chi connectivity index (χ1v) is 8.81. The molecule has 1 N–H and O–H groups in total. The Bertz CT molecular complexity index is 657. The molecule has 0 bridgehead atoms. The minimum atomic E-state index is -0.167. The van der Waals surface area contributed by atoms with Gasteiger partial charge in [0.2, 0.25) is 5.91 Å². The van der Waals surface area contributed by atoms with Crippen molar-refractivity contribution in [1.82, 2.24) is 24.9 Å². The van der Waals surface area contributed by atoms with Crippen LogP contribution >= 0.6 is 0 Å². The van der Waals surface area contributed by atoms with Crippen LogP contribution in [-0.2, 0) is 16.0 Å². The Balaban J connectivity index is 1.68. The molecular formula is C17H27N5O3. The van der Waals surface area contributed by atoms with Gasteiger partial charge in [-0.2, -0.15) is 5.10 Å². The van der Waals surface area contributed by atoms with Gasteiger partial charge in [0.15, 0.2) is 5.69 Å². The summed E-state index contributed by atoms with van der Waals surface area (Å²) in [6.45, 7) is 6.69. The van der Waals surface area contributed by atoms with E-state index >= 15 is 0 Å². The minimum Gasteiger partial charge on any atom is -0.369 e. The molecule has 1 aromatic rings. The molecular weight excluding hydrogens is 322 g/mol. The van der Waals surface area contributed by atoms with Crippen molar-refractivity contribution in [2.75, 3.05) is 46.8 Å². The van der Waals surface area contributed by atoms with Gasteiger partial charge in [-0.05, 0) is 27.9 Å². The predicted octanol–water partition coefficient (Wildman–Crippen LogP) is 0.278. The third-order valence-corrected chi connectivity index (χ3v) is 4.86. The van der Waals surface area contributed by atoms with E-state index in [4.69, 9.17) is 4.74 Å². The molecule has 8 heteroatoms. The largest absolute Gasteiger partial charge is 0.369 e. The summed E-state index contributed by atoms with van der Waals surface area (Å²) < 4.78 is 5.77. The molecule has 2 amide bonds. The van der Waals surface area contributed by atoms with Crippen LogP contribution < -0.4 is 0 Å².